The van der Waals surface area contributed by atoms with Gasteiger partial charge in [0.2, 0.25) is 0 Å². The number of carbonyl (C=O) groups is 1. The summed E-state index contributed by atoms with van der Waals surface area (Å²) in [5.74, 6) is 1.95. The number of rotatable bonds is 5. The van der Waals surface area contributed by atoms with E-state index in [4.69, 9.17) is 28.4 Å². The van der Waals surface area contributed by atoms with Crippen molar-refractivity contribution in [2.75, 3.05) is 14.2 Å². The zero-order chi connectivity index (χ0) is 29.0. The summed E-state index contributed by atoms with van der Waals surface area (Å²) in [5.41, 5.74) is 5.57. The van der Waals surface area contributed by atoms with E-state index in [1.54, 1.807) is 20.3 Å². The number of carbonyl (C=O) groups excluding carboxylic acids is 1. The van der Waals surface area contributed by atoms with Gasteiger partial charge in [-0.3, -0.25) is 4.79 Å². The molecule has 3 atom stereocenters. The van der Waals surface area contributed by atoms with Crippen molar-refractivity contribution < 1.29 is 33.2 Å². The molecule has 0 spiro atoms. The van der Waals surface area contributed by atoms with E-state index in [0.717, 1.165) is 57.7 Å². The van der Waals surface area contributed by atoms with Crippen molar-refractivity contribution in [3.8, 4) is 34.5 Å². The fourth-order valence-corrected chi connectivity index (χ4v) is 6.69. The summed E-state index contributed by atoms with van der Waals surface area (Å²) in [6.07, 6.45) is 2.02. The number of ether oxygens (including phenoxy) is 6. The van der Waals surface area contributed by atoms with Crippen LogP contribution < -0.4 is 28.4 Å². The average molecular weight is 565 g/mol. The molecule has 7 rings (SSSR count). The Hall–Kier alpha value is -4.65. The summed E-state index contributed by atoms with van der Waals surface area (Å²) in [6.45, 7) is 3.27. The average Bonchev–Trinajstić information content (AvgIpc) is 3.01. The molecule has 0 unspecified atom stereocenters. The van der Waals surface area contributed by atoms with Crippen LogP contribution in [0.15, 0.2) is 72.8 Å². The number of methoxy groups -OCH3 is 2. The van der Waals surface area contributed by atoms with Gasteiger partial charge in [-0.1, -0.05) is 60.7 Å². The van der Waals surface area contributed by atoms with Crippen LogP contribution in [0.2, 0.25) is 0 Å². The molecule has 214 valence electrons. The maximum atomic E-state index is 12.0. The lowest BCUT2D eigenvalue weighted by Gasteiger charge is -2.48. The Kier molecular flexibility index (Phi) is 6.26. The van der Waals surface area contributed by atoms with Gasteiger partial charge in [-0.15, -0.1) is 0 Å². The number of benzene rings is 4. The topological polar surface area (TPSA) is 72.5 Å². The van der Waals surface area contributed by atoms with Crippen molar-refractivity contribution in [1.82, 2.24) is 0 Å². The van der Waals surface area contributed by atoms with E-state index in [1.807, 2.05) is 61.5 Å². The molecule has 7 heteroatoms. The summed E-state index contributed by atoms with van der Waals surface area (Å²) in [6, 6.07) is 23.9. The van der Waals surface area contributed by atoms with Crippen molar-refractivity contribution in [1.29, 1.82) is 0 Å². The van der Waals surface area contributed by atoms with Crippen molar-refractivity contribution in [2.45, 2.75) is 50.9 Å². The van der Waals surface area contributed by atoms with Gasteiger partial charge in [-0.2, -0.15) is 0 Å². The highest BCUT2D eigenvalue weighted by molar-refractivity contribution is 5.73. The molecule has 3 aliphatic heterocycles. The van der Waals surface area contributed by atoms with Crippen molar-refractivity contribution in [3.05, 3.63) is 106 Å². The third-order valence-electron chi connectivity index (χ3n) is 8.53. The Morgan fingerprint density at radius 2 is 1.55 bits per heavy atom. The van der Waals surface area contributed by atoms with Gasteiger partial charge in [-0.25, -0.2) is 0 Å². The Labute approximate surface area is 244 Å². The highest BCUT2D eigenvalue weighted by Gasteiger charge is 2.53. The van der Waals surface area contributed by atoms with E-state index >= 15 is 0 Å². The summed E-state index contributed by atoms with van der Waals surface area (Å²) < 4.78 is 38.0. The molecule has 2 bridgehead atoms. The van der Waals surface area contributed by atoms with Crippen LogP contribution in [-0.2, 0) is 17.0 Å². The summed E-state index contributed by atoms with van der Waals surface area (Å²) in [5, 5.41) is 0. The van der Waals surface area contributed by atoms with Crippen molar-refractivity contribution >= 4 is 5.97 Å². The van der Waals surface area contributed by atoms with Crippen molar-refractivity contribution in [3.63, 3.8) is 0 Å². The molecule has 0 radical (unpaired) electrons. The molecule has 4 aromatic carbocycles. The normalized spacial score (nSPS) is 21.3. The molecule has 0 amide bonds. The zero-order valence-electron chi connectivity index (χ0n) is 24.1. The lowest BCUT2D eigenvalue weighted by atomic mass is 9.76. The van der Waals surface area contributed by atoms with Crippen LogP contribution in [0.4, 0.5) is 0 Å². The van der Waals surface area contributed by atoms with Gasteiger partial charge >= 0.3 is 5.97 Å². The van der Waals surface area contributed by atoms with Gasteiger partial charge in [-0.05, 0) is 25.3 Å². The van der Waals surface area contributed by atoms with Gasteiger partial charge in [0, 0.05) is 59.2 Å². The molecular formula is C35H32O7. The first-order valence-electron chi connectivity index (χ1n) is 14.2. The molecule has 0 saturated carbocycles. The van der Waals surface area contributed by atoms with Crippen LogP contribution in [0.1, 0.15) is 65.2 Å². The third kappa shape index (κ3) is 4.06. The second-order valence-electron chi connectivity index (χ2n) is 11.0. The SMILES string of the molecule is COc1cc2c(c3c1CC[C@@H](c1ccccc1)O3)[C@H]1C[C@](c3ccccc3)(Oc3cc(OC(C)=O)c(C)c(OC)c31)O2. The van der Waals surface area contributed by atoms with Gasteiger partial charge in [0.25, 0.3) is 5.79 Å². The minimum absolute atomic E-state index is 0.106. The number of esters is 1. The van der Waals surface area contributed by atoms with Crippen LogP contribution in [0.25, 0.3) is 0 Å². The Morgan fingerprint density at radius 3 is 2.21 bits per heavy atom. The number of fused-ring (bicyclic) bond motifs is 8. The van der Waals surface area contributed by atoms with Crippen LogP contribution in [-0.4, -0.2) is 20.2 Å². The minimum atomic E-state index is -1.13. The Morgan fingerprint density at radius 1 is 0.881 bits per heavy atom. The lowest BCUT2D eigenvalue weighted by Crippen LogP contribution is -2.47. The second-order valence-corrected chi connectivity index (χ2v) is 11.0. The molecule has 3 aliphatic rings. The van der Waals surface area contributed by atoms with Gasteiger partial charge in [0.1, 0.15) is 40.6 Å². The van der Waals surface area contributed by atoms with E-state index in [2.05, 4.69) is 12.1 Å². The standard InChI is InChI=1S/C35H32O7/c1-20-27(39-21(2)36)17-29-31(33(20)38-4)25-19-35(41-29,23-13-9-6-10-14-23)42-30-18-28(37-3)24-15-16-26(40-34(24)32(25)30)22-11-7-5-8-12-22/h5-14,17-18,25-26H,15-16,19H2,1-4H3/t25-,26-,35-/m0/s1. The Bertz CT molecular complexity index is 1680. The van der Waals surface area contributed by atoms with Crippen molar-refractivity contribution in [2.24, 2.45) is 0 Å². The van der Waals surface area contributed by atoms with Gasteiger partial charge in [0.15, 0.2) is 0 Å². The fraction of sp³-hybridized carbons (Fsp3) is 0.286. The van der Waals surface area contributed by atoms with Crippen LogP contribution in [0.3, 0.4) is 0 Å². The second kappa shape index (κ2) is 10.0. The summed E-state index contributed by atoms with van der Waals surface area (Å²) >= 11 is 0. The van der Waals surface area contributed by atoms with Gasteiger partial charge in [0.05, 0.1) is 14.2 Å². The first kappa shape index (κ1) is 26.3. The maximum Gasteiger partial charge on any atom is 0.308 e. The minimum Gasteiger partial charge on any atom is -0.496 e. The van der Waals surface area contributed by atoms with E-state index in [9.17, 15) is 4.79 Å². The highest BCUT2D eigenvalue weighted by atomic mass is 16.7. The quantitative estimate of drug-likeness (QED) is 0.188. The summed E-state index contributed by atoms with van der Waals surface area (Å²) in [7, 11) is 3.31. The highest BCUT2D eigenvalue weighted by Crippen LogP contribution is 2.62. The van der Waals surface area contributed by atoms with Crippen LogP contribution >= 0.6 is 0 Å². The number of hydrogen-bond donors (Lipinski definition) is 0. The molecule has 4 aromatic rings. The molecule has 3 heterocycles. The lowest BCUT2D eigenvalue weighted by molar-refractivity contribution is -0.149. The predicted molar refractivity (Wildman–Crippen MR) is 156 cm³/mol. The summed E-state index contributed by atoms with van der Waals surface area (Å²) in [4.78, 5) is 12.0. The van der Waals surface area contributed by atoms with E-state index in [-0.39, 0.29) is 12.0 Å². The smallest absolute Gasteiger partial charge is 0.308 e. The molecule has 0 N–H and O–H groups in total. The van der Waals surface area contributed by atoms with Gasteiger partial charge < -0.3 is 28.4 Å². The predicted octanol–water partition coefficient (Wildman–Crippen LogP) is 7.16. The Balaban J connectivity index is 1.48. The first-order valence-corrected chi connectivity index (χ1v) is 14.2. The van der Waals surface area contributed by atoms with Crippen LogP contribution in [0, 0.1) is 6.92 Å². The first-order chi connectivity index (χ1) is 20.4. The van der Waals surface area contributed by atoms with Crippen LogP contribution in [0.5, 0.6) is 34.5 Å². The third-order valence-corrected chi connectivity index (χ3v) is 8.53. The van der Waals surface area contributed by atoms with E-state index < -0.39 is 11.8 Å². The molecule has 42 heavy (non-hydrogen) atoms. The molecule has 0 saturated heterocycles. The molecular weight excluding hydrogens is 532 g/mol. The zero-order valence-corrected chi connectivity index (χ0v) is 24.1. The van der Waals surface area contributed by atoms with E-state index in [0.29, 0.717) is 29.4 Å². The molecule has 0 fully saturated rings. The maximum absolute atomic E-state index is 12.0. The molecule has 0 aromatic heterocycles. The molecule has 0 aliphatic carbocycles. The fourth-order valence-electron chi connectivity index (χ4n) is 6.69. The number of hydrogen-bond acceptors (Lipinski definition) is 7. The molecule has 7 nitrogen and oxygen atoms in total. The largest absolute Gasteiger partial charge is 0.496 e. The monoisotopic (exact) mass is 564 g/mol. The van der Waals surface area contributed by atoms with E-state index in [1.165, 1.54) is 6.92 Å².